The molecule has 0 aliphatic carbocycles. The van der Waals surface area contributed by atoms with Gasteiger partial charge in [0.2, 0.25) is 0 Å². The van der Waals surface area contributed by atoms with Crippen LogP contribution in [0.2, 0.25) is 0 Å². The summed E-state index contributed by atoms with van der Waals surface area (Å²) < 4.78 is 119. The molecule has 0 amide bonds. The summed E-state index contributed by atoms with van der Waals surface area (Å²) >= 11 is 0. The van der Waals surface area contributed by atoms with E-state index in [0.29, 0.717) is 0 Å². The maximum atomic E-state index is 11.1. The normalized spacial score (nSPS) is 44.2. The summed E-state index contributed by atoms with van der Waals surface area (Å²) in [6, 6.07) is 0.391. The molecule has 4 heteroatoms. The van der Waals surface area contributed by atoms with Gasteiger partial charge in [-0.1, -0.05) is 20.6 Å². The Morgan fingerprint density at radius 2 is 2.12 bits per heavy atom. The summed E-state index contributed by atoms with van der Waals surface area (Å²) in [5.41, 5.74) is -3.24. The van der Waals surface area contributed by atoms with Crippen molar-refractivity contribution in [3.8, 4) is 11.5 Å². The number of methoxy groups -OCH3 is 2. The zero-order chi connectivity index (χ0) is 28.8. The van der Waals surface area contributed by atoms with Crippen molar-refractivity contribution in [1.29, 1.82) is 0 Å². The van der Waals surface area contributed by atoms with Gasteiger partial charge in [-0.25, -0.2) is 0 Å². The van der Waals surface area contributed by atoms with Gasteiger partial charge < -0.3 is 14.6 Å². The molecule has 1 fully saturated rings. The van der Waals surface area contributed by atoms with Gasteiger partial charge in [-0.05, 0) is 53.8 Å². The van der Waals surface area contributed by atoms with Crippen molar-refractivity contribution in [2.75, 3.05) is 27.3 Å². The van der Waals surface area contributed by atoms with E-state index in [1.807, 2.05) is 0 Å². The molecule has 4 nitrogen and oxygen atoms in total. The Morgan fingerprint density at radius 3 is 2.79 bits per heavy atom. The van der Waals surface area contributed by atoms with Gasteiger partial charge in [-0.15, -0.1) is 0 Å². The molecule has 2 aliphatic heterocycles. The lowest BCUT2D eigenvalue weighted by Crippen LogP contribution is -2.48. The van der Waals surface area contributed by atoms with E-state index in [4.69, 9.17) is 25.9 Å². The number of fused-ring (bicyclic) bond motifs is 3. The molecule has 0 aromatic heterocycles. The Labute approximate surface area is 164 Å². The highest BCUT2D eigenvalue weighted by Crippen LogP contribution is 2.44. The zero-order valence-electron chi connectivity index (χ0n) is 26.9. The predicted molar refractivity (Wildman–Crippen MR) is 95.7 cm³/mol. The van der Waals surface area contributed by atoms with Crippen LogP contribution < -0.4 is 9.47 Å². The van der Waals surface area contributed by atoms with Crippen LogP contribution in [0, 0.1) is 11.3 Å². The molecule has 0 spiro atoms. The first-order chi connectivity index (χ1) is 16.5. The van der Waals surface area contributed by atoms with Gasteiger partial charge in [-0.3, -0.25) is 4.90 Å². The summed E-state index contributed by atoms with van der Waals surface area (Å²) in [4.78, 5) is 0.739. The second-order valence-corrected chi connectivity index (χ2v) is 6.19. The number of aliphatic hydroxyl groups excluding tert-OH is 1. The van der Waals surface area contributed by atoms with Crippen LogP contribution >= 0.6 is 0 Å². The van der Waals surface area contributed by atoms with E-state index in [-0.39, 0.29) is 22.6 Å². The summed E-state index contributed by atoms with van der Waals surface area (Å²) in [5, 5.41) is 11.1. The summed E-state index contributed by atoms with van der Waals surface area (Å²) in [5.74, 6) is -1.57. The molecule has 134 valence electrons. The molecular weight excluding hydrogens is 302 g/mol. The fraction of sp³-hybridized carbons (Fsp3) is 0.700. The first kappa shape index (κ1) is 7.55. The third kappa shape index (κ3) is 3.40. The second kappa shape index (κ2) is 6.57. The molecule has 1 saturated heterocycles. The minimum absolute atomic E-state index is 0.0438. The smallest absolute Gasteiger partial charge is 0.161 e. The minimum Gasteiger partial charge on any atom is -0.493 e. The topological polar surface area (TPSA) is 41.9 Å². The van der Waals surface area contributed by atoms with Gasteiger partial charge in [0, 0.05) is 35.5 Å². The van der Waals surface area contributed by atoms with Crippen molar-refractivity contribution in [3.05, 3.63) is 23.3 Å². The molecule has 3 atom stereocenters. The standard InChI is InChI=1S/C20H31NO3/c1-20(2,3)11-14-12-21-7-6-13-8-18(23-4)19(24-5)9-15(13)16(21)10-17(14)22/h8-9,14,16-17,22H,6-7,10-12H2,1-5H3/i1D3,2D3,6D2,7D2,11D2,16D. The van der Waals surface area contributed by atoms with Crippen molar-refractivity contribution >= 4 is 0 Å². The first-order valence-corrected chi connectivity index (χ1v) is 7.69. The molecule has 1 aromatic rings. The van der Waals surface area contributed by atoms with Crippen molar-refractivity contribution in [1.82, 2.24) is 4.90 Å². The highest BCUT2D eigenvalue weighted by Gasteiger charge is 2.39. The fourth-order valence-corrected chi connectivity index (χ4v) is 3.11. The molecule has 0 saturated carbocycles. The highest BCUT2D eigenvalue weighted by atomic mass is 16.5. The monoisotopic (exact) mass is 346 g/mol. The van der Waals surface area contributed by atoms with Gasteiger partial charge in [0.15, 0.2) is 11.5 Å². The zero-order valence-corrected chi connectivity index (χ0v) is 13.9. The summed E-state index contributed by atoms with van der Waals surface area (Å²) in [6.45, 7) is -9.73. The van der Waals surface area contributed by atoms with E-state index >= 15 is 0 Å². The molecule has 2 heterocycles. The minimum atomic E-state index is -3.34. The van der Waals surface area contributed by atoms with Crippen molar-refractivity contribution in [2.24, 2.45) is 11.3 Å². The molecule has 0 radical (unpaired) electrons. The molecule has 3 rings (SSSR count). The van der Waals surface area contributed by atoms with Gasteiger partial charge >= 0.3 is 0 Å². The fourth-order valence-electron chi connectivity index (χ4n) is 3.11. The van der Waals surface area contributed by atoms with Crippen LogP contribution in [0.1, 0.15) is 68.4 Å². The molecular formula is C20H31NO3. The van der Waals surface area contributed by atoms with E-state index in [0.717, 1.165) is 11.8 Å². The molecule has 0 bridgehead atoms. The number of ether oxygens (including phenoxy) is 2. The number of hydrogen-bond donors (Lipinski definition) is 1. The van der Waals surface area contributed by atoms with Crippen LogP contribution in [0.25, 0.3) is 0 Å². The molecule has 24 heavy (non-hydrogen) atoms. The number of benzene rings is 1. The Kier molecular flexibility index (Phi) is 2.06. The Hall–Kier alpha value is -1.26. The predicted octanol–water partition coefficient (Wildman–Crippen LogP) is 3.42. The van der Waals surface area contributed by atoms with Crippen LogP contribution in [0.4, 0.5) is 0 Å². The molecule has 1 N–H and O–H groups in total. The largest absolute Gasteiger partial charge is 0.493 e. The van der Waals surface area contributed by atoms with Crippen LogP contribution in [0.3, 0.4) is 0 Å². The number of rotatable bonds is 3. The Morgan fingerprint density at radius 1 is 1.42 bits per heavy atom. The van der Waals surface area contributed by atoms with Crippen LogP contribution in [-0.2, 0) is 6.37 Å². The highest BCUT2D eigenvalue weighted by molar-refractivity contribution is 5.49. The van der Waals surface area contributed by atoms with E-state index < -0.39 is 69.4 Å². The lowest BCUT2D eigenvalue weighted by molar-refractivity contribution is -0.0259. The van der Waals surface area contributed by atoms with Gasteiger partial charge in [0.05, 0.1) is 21.7 Å². The van der Waals surface area contributed by atoms with E-state index in [2.05, 4.69) is 0 Å². The van der Waals surface area contributed by atoms with E-state index in [1.165, 1.54) is 26.4 Å². The van der Waals surface area contributed by atoms with Crippen molar-refractivity contribution < 1.29 is 32.4 Å². The van der Waals surface area contributed by atoms with E-state index in [9.17, 15) is 6.48 Å². The molecule has 2 aliphatic rings. The molecule has 1 aromatic carbocycles. The number of aliphatic hydroxyl groups is 1. The first-order valence-electron chi connectivity index (χ1n) is 14.2. The SMILES string of the molecule is [2H]C12CC(O)C(C([2H])([2H])C(C)(C([2H])([2H])[2H])C([2H])([2H])[2H])CN1C([2H])([2H])C([2H])([2H])c1cc(OC)c(OC)cc12. The summed E-state index contributed by atoms with van der Waals surface area (Å²) in [7, 11) is 2.63. The van der Waals surface area contributed by atoms with Gasteiger partial charge in [0.1, 0.15) is 0 Å². The Balaban J connectivity index is 2.25. The maximum Gasteiger partial charge on any atom is 0.161 e. The molecule has 3 unspecified atom stereocenters. The number of nitrogens with zero attached hydrogens (tertiary/aromatic N) is 1. The maximum absolute atomic E-state index is 11.1. The number of aryl methyl sites for hydroxylation is 1. The lowest BCUT2D eigenvalue weighted by Gasteiger charge is -2.47. The lowest BCUT2D eigenvalue weighted by atomic mass is 9.75. The van der Waals surface area contributed by atoms with Gasteiger partial charge in [0.25, 0.3) is 0 Å². The third-order valence-electron chi connectivity index (χ3n) is 4.21. The second-order valence-electron chi connectivity index (χ2n) is 6.19. The number of piperidine rings is 1. The van der Waals surface area contributed by atoms with Crippen molar-refractivity contribution in [3.63, 3.8) is 0 Å². The number of hydrogen-bond acceptors (Lipinski definition) is 4. The third-order valence-corrected chi connectivity index (χ3v) is 4.21. The van der Waals surface area contributed by atoms with Crippen LogP contribution in [0.15, 0.2) is 12.1 Å². The quantitative estimate of drug-likeness (QED) is 0.910. The Bertz CT molecular complexity index is 1040. The van der Waals surface area contributed by atoms with Crippen LogP contribution in [-0.4, -0.2) is 43.4 Å². The van der Waals surface area contributed by atoms with Gasteiger partial charge in [-0.2, -0.15) is 0 Å². The van der Waals surface area contributed by atoms with Crippen molar-refractivity contribution in [2.45, 2.75) is 51.9 Å². The van der Waals surface area contributed by atoms with E-state index in [1.54, 1.807) is 0 Å². The average molecular weight is 347 g/mol. The average Bonchev–Trinajstić information content (AvgIpc) is 2.74. The van der Waals surface area contributed by atoms with Crippen LogP contribution in [0.5, 0.6) is 11.5 Å². The summed E-state index contributed by atoms with van der Waals surface area (Å²) in [6.07, 6.45) is -8.32.